The monoisotopic (exact) mass is 286 g/mol. The molecule has 0 atom stereocenters. The normalized spacial score (nSPS) is 10.2. The van der Waals surface area contributed by atoms with E-state index in [9.17, 15) is 4.79 Å². The number of nitriles is 1. The number of aromatic nitrogens is 2. The fourth-order valence-corrected chi connectivity index (χ4v) is 2.57. The Labute approximate surface area is 120 Å². The summed E-state index contributed by atoms with van der Waals surface area (Å²) in [7, 11) is 0. The molecule has 0 aliphatic carbocycles. The summed E-state index contributed by atoms with van der Waals surface area (Å²) in [5.41, 5.74) is 7.49. The van der Waals surface area contributed by atoms with Gasteiger partial charge < -0.3 is 10.7 Å². The molecular weight excluding hydrogens is 272 g/mol. The van der Waals surface area contributed by atoms with Crippen LogP contribution < -0.4 is 11.3 Å². The van der Waals surface area contributed by atoms with Gasteiger partial charge in [-0.1, -0.05) is 13.3 Å². The predicted octanol–water partition coefficient (Wildman–Crippen LogP) is 2.33. The third-order valence-corrected chi connectivity index (χ3v) is 3.60. The summed E-state index contributed by atoms with van der Waals surface area (Å²) < 4.78 is 0. The van der Waals surface area contributed by atoms with Gasteiger partial charge in [0.1, 0.15) is 0 Å². The van der Waals surface area contributed by atoms with Crippen molar-refractivity contribution >= 4 is 17.4 Å². The second-order valence-electron chi connectivity index (χ2n) is 4.26. The summed E-state index contributed by atoms with van der Waals surface area (Å²) >= 11 is 1.29. The first kappa shape index (κ1) is 14.2. The van der Waals surface area contributed by atoms with Gasteiger partial charge in [0.2, 0.25) is 0 Å². The van der Waals surface area contributed by atoms with E-state index in [-0.39, 0.29) is 5.56 Å². The molecule has 1 aromatic heterocycles. The van der Waals surface area contributed by atoms with Crippen molar-refractivity contribution < 1.29 is 0 Å². The quantitative estimate of drug-likeness (QED) is 0.664. The SMILES string of the molecule is CCCc1cc(=O)[nH]c(Sc2ccc(C#N)cc2N)n1. The number of H-pyrrole nitrogens is 1. The molecule has 0 bridgehead atoms. The van der Waals surface area contributed by atoms with Crippen molar-refractivity contribution in [2.24, 2.45) is 0 Å². The van der Waals surface area contributed by atoms with E-state index in [1.165, 1.54) is 17.8 Å². The average Bonchev–Trinajstić information content (AvgIpc) is 2.41. The summed E-state index contributed by atoms with van der Waals surface area (Å²) in [4.78, 5) is 19.4. The smallest absolute Gasteiger partial charge is 0.251 e. The van der Waals surface area contributed by atoms with Gasteiger partial charge in [-0.05, 0) is 36.4 Å². The summed E-state index contributed by atoms with van der Waals surface area (Å²) in [5.74, 6) is 0. The van der Waals surface area contributed by atoms with Crippen molar-refractivity contribution in [3.63, 3.8) is 0 Å². The Balaban J connectivity index is 2.30. The van der Waals surface area contributed by atoms with Crippen LogP contribution in [0.5, 0.6) is 0 Å². The molecule has 0 saturated carbocycles. The first-order valence-corrected chi connectivity index (χ1v) is 7.01. The van der Waals surface area contributed by atoms with Crippen LogP contribution in [0.1, 0.15) is 24.6 Å². The second kappa shape index (κ2) is 6.26. The second-order valence-corrected chi connectivity index (χ2v) is 5.29. The van der Waals surface area contributed by atoms with Gasteiger partial charge >= 0.3 is 0 Å². The van der Waals surface area contributed by atoms with Crippen LogP contribution in [-0.4, -0.2) is 9.97 Å². The highest BCUT2D eigenvalue weighted by Gasteiger charge is 2.07. The molecule has 102 valence electrons. The van der Waals surface area contributed by atoms with Crippen LogP contribution in [-0.2, 0) is 6.42 Å². The molecule has 1 heterocycles. The number of nitrogen functional groups attached to an aromatic ring is 1. The number of nitrogens with two attached hydrogens (primary N) is 1. The maximum absolute atomic E-state index is 11.6. The van der Waals surface area contributed by atoms with Crippen LogP contribution in [0.3, 0.4) is 0 Å². The summed E-state index contributed by atoms with van der Waals surface area (Å²) in [6.45, 7) is 2.04. The zero-order valence-corrected chi connectivity index (χ0v) is 11.8. The minimum Gasteiger partial charge on any atom is -0.398 e. The highest BCUT2D eigenvalue weighted by Crippen LogP contribution is 2.29. The van der Waals surface area contributed by atoms with E-state index < -0.39 is 0 Å². The molecule has 0 saturated heterocycles. The van der Waals surface area contributed by atoms with E-state index in [2.05, 4.69) is 9.97 Å². The highest BCUT2D eigenvalue weighted by molar-refractivity contribution is 7.99. The molecule has 1 aromatic carbocycles. The first-order valence-electron chi connectivity index (χ1n) is 6.20. The maximum Gasteiger partial charge on any atom is 0.251 e. The van der Waals surface area contributed by atoms with Gasteiger partial charge in [-0.25, -0.2) is 4.98 Å². The molecule has 2 aromatic rings. The van der Waals surface area contributed by atoms with Crippen LogP contribution >= 0.6 is 11.8 Å². The standard InChI is InChI=1S/C14H14N4OS/c1-2-3-10-7-13(19)18-14(17-10)20-12-5-4-9(8-15)6-11(12)16/h4-7H,2-3,16H2,1H3,(H,17,18,19). The van der Waals surface area contributed by atoms with Gasteiger partial charge in [0.25, 0.3) is 5.56 Å². The molecule has 0 amide bonds. The number of nitrogens with one attached hydrogen (secondary N) is 1. The van der Waals surface area contributed by atoms with Crippen molar-refractivity contribution in [3.8, 4) is 6.07 Å². The van der Waals surface area contributed by atoms with Gasteiger partial charge in [-0.2, -0.15) is 5.26 Å². The topological polar surface area (TPSA) is 95.6 Å². The largest absolute Gasteiger partial charge is 0.398 e. The van der Waals surface area contributed by atoms with Crippen LogP contribution in [0.4, 0.5) is 5.69 Å². The third-order valence-electron chi connectivity index (χ3n) is 2.62. The fourth-order valence-electron chi connectivity index (χ4n) is 1.73. The number of aryl methyl sites for hydroxylation is 1. The molecule has 2 rings (SSSR count). The number of nitrogens with zero attached hydrogens (tertiary/aromatic N) is 2. The Morgan fingerprint density at radius 1 is 1.45 bits per heavy atom. The molecule has 6 heteroatoms. The molecule has 0 aliphatic heterocycles. The molecule has 0 aliphatic rings. The van der Waals surface area contributed by atoms with Crippen molar-refractivity contribution in [2.45, 2.75) is 29.8 Å². The van der Waals surface area contributed by atoms with Crippen LogP contribution in [0.2, 0.25) is 0 Å². The van der Waals surface area contributed by atoms with Crippen molar-refractivity contribution in [2.75, 3.05) is 5.73 Å². The van der Waals surface area contributed by atoms with Crippen LogP contribution in [0.15, 0.2) is 39.1 Å². The van der Waals surface area contributed by atoms with E-state index in [1.54, 1.807) is 18.2 Å². The molecule has 0 fully saturated rings. The van der Waals surface area contributed by atoms with Gasteiger partial charge in [0.05, 0.1) is 11.6 Å². The first-order chi connectivity index (χ1) is 9.62. The van der Waals surface area contributed by atoms with Gasteiger partial charge in [-0.3, -0.25) is 4.79 Å². The van der Waals surface area contributed by atoms with Crippen LogP contribution in [0, 0.1) is 11.3 Å². The van der Waals surface area contributed by atoms with E-state index in [0.29, 0.717) is 16.4 Å². The number of aromatic amines is 1. The molecule has 0 unspecified atom stereocenters. The number of anilines is 1. The molecule has 5 nitrogen and oxygen atoms in total. The van der Waals surface area contributed by atoms with Crippen molar-refractivity contribution in [1.29, 1.82) is 5.26 Å². The average molecular weight is 286 g/mol. The van der Waals surface area contributed by atoms with E-state index in [4.69, 9.17) is 11.0 Å². The Kier molecular flexibility index (Phi) is 4.43. The highest BCUT2D eigenvalue weighted by atomic mass is 32.2. The minimum absolute atomic E-state index is 0.168. The van der Waals surface area contributed by atoms with Gasteiger partial charge in [0, 0.05) is 22.3 Å². The lowest BCUT2D eigenvalue weighted by atomic mass is 10.2. The van der Waals surface area contributed by atoms with Gasteiger partial charge in [0.15, 0.2) is 5.16 Å². The number of benzene rings is 1. The predicted molar refractivity (Wildman–Crippen MR) is 78.5 cm³/mol. The lowest BCUT2D eigenvalue weighted by Gasteiger charge is -2.06. The minimum atomic E-state index is -0.168. The van der Waals surface area contributed by atoms with Crippen LogP contribution in [0.25, 0.3) is 0 Å². The molecule has 20 heavy (non-hydrogen) atoms. The fraction of sp³-hybridized carbons (Fsp3) is 0.214. The number of hydrogen-bond donors (Lipinski definition) is 2. The Morgan fingerprint density at radius 2 is 2.25 bits per heavy atom. The molecule has 0 radical (unpaired) electrons. The van der Waals surface area contributed by atoms with Crippen molar-refractivity contribution in [1.82, 2.24) is 9.97 Å². The Bertz CT molecular complexity index is 718. The lowest BCUT2D eigenvalue weighted by Crippen LogP contribution is -2.09. The van der Waals surface area contributed by atoms with E-state index in [1.807, 2.05) is 13.0 Å². The lowest BCUT2D eigenvalue weighted by molar-refractivity contribution is 0.816. The van der Waals surface area contributed by atoms with E-state index in [0.717, 1.165) is 23.4 Å². The maximum atomic E-state index is 11.6. The van der Waals surface area contributed by atoms with Crippen molar-refractivity contribution in [3.05, 3.63) is 45.9 Å². The third kappa shape index (κ3) is 3.39. The van der Waals surface area contributed by atoms with Gasteiger partial charge in [-0.15, -0.1) is 0 Å². The number of rotatable bonds is 4. The Morgan fingerprint density at radius 3 is 2.90 bits per heavy atom. The summed E-state index contributed by atoms with van der Waals surface area (Å²) in [6, 6.07) is 8.59. The summed E-state index contributed by atoms with van der Waals surface area (Å²) in [6.07, 6.45) is 1.69. The Hall–Kier alpha value is -2.26. The zero-order chi connectivity index (χ0) is 14.5. The number of hydrogen-bond acceptors (Lipinski definition) is 5. The summed E-state index contributed by atoms with van der Waals surface area (Å²) in [5, 5.41) is 9.31. The molecular formula is C14H14N4OS. The molecule has 3 N–H and O–H groups in total. The van der Waals surface area contributed by atoms with E-state index >= 15 is 0 Å². The molecule has 0 spiro atoms. The zero-order valence-electron chi connectivity index (χ0n) is 11.0.